The van der Waals surface area contributed by atoms with E-state index in [0.29, 0.717) is 0 Å². The first-order valence-corrected chi connectivity index (χ1v) is 7.68. The van der Waals surface area contributed by atoms with Gasteiger partial charge in [0.05, 0.1) is 0 Å². The van der Waals surface area contributed by atoms with E-state index < -0.39 is 0 Å². The second-order valence-electron chi connectivity index (χ2n) is 6.82. The summed E-state index contributed by atoms with van der Waals surface area (Å²) in [4.78, 5) is 1.21. The molecule has 0 aromatic carbocycles. The Morgan fingerprint density at radius 3 is 1.95 bits per heavy atom. The molecule has 0 bridgehead atoms. The van der Waals surface area contributed by atoms with Crippen molar-refractivity contribution in [1.82, 2.24) is 0 Å². The zero-order chi connectivity index (χ0) is 15.3. The highest BCUT2D eigenvalue weighted by molar-refractivity contribution is 8.04. The van der Waals surface area contributed by atoms with Crippen molar-refractivity contribution in [2.75, 3.05) is 0 Å². The van der Waals surface area contributed by atoms with Gasteiger partial charge in [-0.2, -0.15) is 0 Å². The monoisotopic (exact) mass is 278 g/mol. The van der Waals surface area contributed by atoms with Crippen molar-refractivity contribution < 1.29 is 0 Å². The SMILES string of the molecule is C=C/C(=C(\C=C/C)CC(=C)SC(C)(C)C)C(C)(C)C. The first-order valence-electron chi connectivity index (χ1n) is 6.87. The van der Waals surface area contributed by atoms with Gasteiger partial charge < -0.3 is 0 Å². The lowest BCUT2D eigenvalue weighted by atomic mass is 9.82. The smallest absolute Gasteiger partial charge is 0.0119 e. The molecule has 0 rings (SSSR count). The van der Waals surface area contributed by atoms with Crippen molar-refractivity contribution in [2.24, 2.45) is 5.41 Å². The molecule has 0 aliphatic carbocycles. The number of hydrogen-bond acceptors (Lipinski definition) is 1. The van der Waals surface area contributed by atoms with Gasteiger partial charge in [-0.1, -0.05) is 72.9 Å². The lowest BCUT2D eigenvalue weighted by molar-refractivity contribution is 0.512. The van der Waals surface area contributed by atoms with E-state index in [1.165, 1.54) is 16.1 Å². The number of thioether (sulfide) groups is 1. The van der Waals surface area contributed by atoms with E-state index in [1.54, 1.807) is 0 Å². The molecule has 0 N–H and O–H groups in total. The maximum absolute atomic E-state index is 4.22. The van der Waals surface area contributed by atoms with E-state index in [2.05, 4.69) is 73.8 Å². The molecule has 0 aliphatic rings. The number of allylic oxidation sites excluding steroid dienone is 6. The topological polar surface area (TPSA) is 0 Å². The third-order valence-electron chi connectivity index (χ3n) is 2.56. The molecule has 0 aromatic rings. The maximum atomic E-state index is 4.22. The Bertz CT molecular complexity index is 381. The van der Waals surface area contributed by atoms with Gasteiger partial charge in [-0.15, -0.1) is 11.8 Å². The Morgan fingerprint density at radius 2 is 1.63 bits per heavy atom. The van der Waals surface area contributed by atoms with Gasteiger partial charge in [0, 0.05) is 11.2 Å². The fourth-order valence-corrected chi connectivity index (χ4v) is 3.14. The van der Waals surface area contributed by atoms with Crippen LogP contribution in [-0.2, 0) is 0 Å². The second kappa shape index (κ2) is 7.19. The van der Waals surface area contributed by atoms with Gasteiger partial charge in [-0.05, 0) is 28.4 Å². The van der Waals surface area contributed by atoms with Crippen molar-refractivity contribution in [3.8, 4) is 0 Å². The molecule has 0 saturated carbocycles. The van der Waals surface area contributed by atoms with Crippen molar-refractivity contribution in [3.63, 3.8) is 0 Å². The molecule has 108 valence electrons. The molecule has 0 radical (unpaired) electrons. The predicted molar refractivity (Wildman–Crippen MR) is 92.6 cm³/mol. The third kappa shape index (κ3) is 7.47. The molecule has 0 nitrogen and oxygen atoms in total. The number of hydrogen-bond donors (Lipinski definition) is 0. The van der Waals surface area contributed by atoms with Crippen LogP contribution in [0.2, 0.25) is 0 Å². The summed E-state index contributed by atoms with van der Waals surface area (Å²) in [6, 6.07) is 0. The van der Waals surface area contributed by atoms with E-state index in [-0.39, 0.29) is 10.2 Å². The highest BCUT2D eigenvalue weighted by Gasteiger charge is 2.19. The van der Waals surface area contributed by atoms with Gasteiger partial charge in [0.1, 0.15) is 0 Å². The average Bonchev–Trinajstić information content (AvgIpc) is 2.12. The first kappa shape index (κ1) is 18.3. The molecule has 0 amide bonds. The van der Waals surface area contributed by atoms with Gasteiger partial charge in [0.15, 0.2) is 0 Å². The van der Waals surface area contributed by atoms with E-state index in [0.717, 1.165) is 6.42 Å². The second-order valence-corrected chi connectivity index (χ2v) is 8.83. The molecule has 0 spiro atoms. The van der Waals surface area contributed by atoms with Crippen molar-refractivity contribution in [3.05, 3.63) is 47.4 Å². The molecule has 0 unspecified atom stereocenters. The summed E-state index contributed by atoms with van der Waals surface area (Å²) >= 11 is 1.85. The maximum Gasteiger partial charge on any atom is 0.0119 e. The third-order valence-corrected chi connectivity index (χ3v) is 3.61. The Balaban J connectivity index is 5.30. The molecule has 19 heavy (non-hydrogen) atoms. The van der Waals surface area contributed by atoms with Crippen molar-refractivity contribution >= 4 is 11.8 Å². The molecule has 0 fully saturated rings. The summed E-state index contributed by atoms with van der Waals surface area (Å²) in [6.45, 7) is 23.6. The number of rotatable bonds is 5. The Labute approximate surface area is 124 Å². The summed E-state index contributed by atoms with van der Waals surface area (Å²) in [6.07, 6.45) is 7.19. The fraction of sp³-hybridized carbons (Fsp3) is 0.556. The van der Waals surface area contributed by atoms with Gasteiger partial charge in [-0.25, -0.2) is 0 Å². The minimum absolute atomic E-state index is 0.114. The molecule has 0 saturated heterocycles. The van der Waals surface area contributed by atoms with Gasteiger partial charge in [0.25, 0.3) is 0 Å². The van der Waals surface area contributed by atoms with Crippen LogP contribution in [0.25, 0.3) is 0 Å². The minimum Gasteiger partial charge on any atom is -0.125 e. The van der Waals surface area contributed by atoms with E-state index in [4.69, 9.17) is 0 Å². The summed E-state index contributed by atoms with van der Waals surface area (Å²) < 4.78 is 0.216. The quantitative estimate of drug-likeness (QED) is 0.515. The van der Waals surface area contributed by atoms with Crippen LogP contribution in [0.15, 0.2) is 47.4 Å². The largest absolute Gasteiger partial charge is 0.125 e. The lowest BCUT2D eigenvalue weighted by Gasteiger charge is -2.25. The molecule has 1 heteroatoms. The van der Waals surface area contributed by atoms with E-state index in [9.17, 15) is 0 Å². The molecular formula is C18H30S. The van der Waals surface area contributed by atoms with Gasteiger partial charge in [-0.3, -0.25) is 0 Å². The van der Waals surface area contributed by atoms with E-state index in [1.807, 2.05) is 17.8 Å². The fourth-order valence-electron chi connectivity index (χ4n) is 2.05. The highest BCUT2D eigenvalue weighted by Crippen LogP contribution is 2.37. The molecular weight excluding hydrogens is 248 g/mol. The molecule has 0 aromatic heterocycles. The van der Waals surface area contributed by atoms with Crippen LogP contribution in [0.4, 0.5) is 0 Å². The Hall–Kier alpha value is -0.690. The van der Waals surface area contributed by atoms with E-state index >= 15 is 0 Å². The molecule has 0 heterocycles. The Kier molecular flexibility index (Phi) is 6.93. The normalized spacial score (nSPS) is 14.5. The zero-order valence-corrected chi connectivity index (χ0v) is 14.6. The van der Waals surface area contributed by atoms with Crippen LogP contribution in [0.1, 0.15) is 54.9 Å². The van der Waals surface area contributed by atoms with Crippen molar-refractivity contribution in [2.45, 2.75) is 59.6 Å². The first-order chi connectivity index (χ1) is 8.51. The minimum atomic E-state index is 0.114. The van der Waals surface area contributed by atoms with Crippen LogP contribution in [0.5, 0.6) is 0 Å². The molecule has 0 atom stereocenters. The average molecular weight is 279 g/mol. The zero-order valence-electron chi connectivity index (χ0n) is 13.8. The van der Waals surface area contributed by atoms with Crippen molar-refractivity contribution in [1.29, 1.82) is 0 Å². The summed E-state index contributed by atoms with van der Waals surface area (Å²) in [5, 5.41) is 0. The van der Waals surface area contributed by atoms with Crippen LogP contribution in [0, 0.1) is 5.41 Å². The van der Waals surface area contributed by atoms with Crippen LogP contribution in [0.3, 0.4) is 0 Å². The summed E-state index contributed by atoms with van der Waals surface area (Å²) in [7, 11) is 0. The Morgan fingerprint density at radius 1 is 1.11 bits per heavy atom. The van der Waals surface area contributed by atoms with Crippen LogP contribution >= 0.6 is 11.8 Å². The molecule has 0 aliphatic heterocycles. The van der Waals surface area contributed by atoms with Crippen LogP contribution < -0.4 is 0 Å². The van der Waals surface area contributed by atoms with Gasteiger partial charge in [0.2, 0.25) is 0 Å². The van der Waals surface area contributed by atoms with Gasteiger partial charge >= 0.3 is 0 Å². The summed E-state index contributed by atoms with van der Waals surface area (Å²) in [5.41, 5.74) is 2.75. The standard InChI is InChI=1S/C18H30S/c1-10-12-15(16(11-2)17(4,5)6)13-14(3)19-18(7,8)9/h10-12H,2-3,13H2,1,4-9H3/b12-10-,16-15-. The lowest BCUT2D eigenvalue weighted by Crippen LogP contribution is -2.11. The summed E-state index contributed by atoms with van der Waals surface area (Å²) in [5.74, 6) is 0. The van der Waals surface area contributed by atoms with Crippen LogP contribution in [-0.4, -0.2) is 4.75 Å². The highest BCUT2D eigenvalue weighted by atomic mass is 32.2. The predicted octanol–water partition coefficient (Wildman–Crippen LogP) is 6.53.